The molecule has 4 nitrogen and oxygen atoms in total. The Morgan fingerprint density at radius 2 is 2.06 bits per heavy atom. The molecule has 0 spiro atoms. The van der Waals surface area contributed by atoms with Gasteiger partial charge in [0.25, 0.3) is 0 Å². The summed E-state index contributed by atoms with van der Waals surface area (Å²) in [6, 6.07) is 4.78. The predicted molar refractivity (Wildman–Crippen MR) is 81.9 cm³/mol. The van der Waals surface area contributed by atoms with Gasteiger partial charge in [0.15, 0.2) is 0 Å². The number of amides is 2. The first-order valence-electron chi connectivity index (χ1n) is 5.08. The zero-order chi connectivity index (χ0) is 13.7. The second-order valence-electron chi connectivity index (χ2n) is 3.55. The third-order valence-corrected chi connectivity index (χ3v) is 3.61. The van der Waals surface area contributed by atoms with Gasteiger partial charge in [-0.3, -0.25) is 9.59 Å². The molecular weight excluding hydrogens is 384 g/mol. The number of halogens is 2. The normalized spacial score (nSPS) is 11.8. The average Bonchev–Trinajstić information content (AvgIpc) is 2.30. The lowest BCUT2D eigenvalue weighted by atomic mass is 10.2. The summed E-state index contributed by atoms with van der Waals surface area (Å²) in [7, 11) is 0. The first-order valence-corrected chi connectivity index (χ1v) is 7.29. The van der Waals surface area contributed by atoms with Crippen molar-refractivity contribution in [3.63, 3.8) is 0 Å². The number of rotatable bonds is 4. The summed E-state index contributed by atoms with van der Waals surface area (Å²) in [6.45, 7) is 1.36. The smallest absolute Gasteiger partial charge is 0.247 e. The minimum absolute atomic E-state index is 0.233. The maximum Gasteiger partial charge on any atom is 0.247 e. The fourth-order valence-corrected chi connectivity index (χ4v) is 2.22. The first-order chi connectivity index (χ1) is 8.43. The molecule has 0 aliphatic heterocycles. The molecule has 2 amide bonds. The van der Waals surface area contributed by atoms with Crippen molar-refractivity contribution < 1.29 is 9.59 Å². The molecule has 1 aromatic rings. The Kier molecular flexibility index (Phi) is 6.17. The maximum atomic E-state index is 11.9. The molecule has 98 valence electrons. The van der Waals surface area contributed by atoms with E-state index in [1.54, 1.807) is 6.07 Å². The van der Waals surface area contributed by atoms with Crippen molar-refractivity contribution in [3.8, 4) is 0 Å². The fourth-order valence-electron chi connectivity index (χ4n) is 1.25. The molecule has 0 heterocycles. The summed E-state index contributed by atoms with van der Waals surface area (Å²) in [5.41, 5.74) is 0.631. The minimum atomic E-state index is -0.656. The Hall–Kier alpha value is -0.530. The van der Waals surface area contributed by atoms with E-state index in [0.717, 1.165) is 8.95 Å². The van der Waals surface area contributed by atoms with Crippen LogP contribution in [0.3, 0.4) is 0 Å². The van der Waals surface area contributed by atoms with Crippen LogP contribution in [0.5, 0.6) is 0 Å². The minimum Gasteiger partial charge on any atom is -0.344 e. The Morgan fingerprint density at radius 3 is 2.61 bits per heavy atom. The molecule has 0 saturated heterocycles. The molecular formula is C11H12Br2N2O2S. The molecule has 1 unspecified atom stereocenters. The van der Waals surface area contributed by atoms with Crippen LogP contribution in [0.15, 0.2) is 27.1 Å². The molecule has 7 heteroatoms. The zero-order valence-corrected chi connectivity index (χ0v) is 13.6. The van der Waals surface area contributed by atoms with Gasteiger partial charge in [-0.2, -0.15) is 12.6 Å². The molecule has 0 radical (unpaired) electrons. The highest BCUT2D eigenvalue weighted by Crippen LogP contribution is 2.26. The third-order valence-electron chi connectivity index (χ3n) is 2.06. The summed E-state index contributed by atoms with van der Waals surface area (Å²) in [5, 5.41) is 5.26. The SMILES string of the molecule is CC(=O)NC(CS)C(=O)Nc1cc(Br)ccc1Br. The Balaban J connectivity index is 2.79. The number of hydrogen-bond donors (Lipinski definition) is 3. The van der Waals surface area contributed by atoms with Gasteiger partial charge in [0.2, 0.25) is 11.8 Å². The summed E-state index contributed by atoms with van der Waals surface area (Å²) >= 11 is 10.7. The molecule has 0 saturated carbocycles. The summed E-state index contributed by atoms with van der Waals surface area (Å²) in [4.78, 5) is 22.9. The second-order valence-corrected chi connectivity index (χ2v) is 5.68. The molecule has 2 N–H and O–H groups in total. The van der Waals surface area contributed by atoms with Crippen LogP contribution in [0.25, 0.3) is 0 Å². The van der Waals surface area contributed by atoms with Crippen molar-refractivity contribution in [2.24, 2.45) is 0 Å². The van der Waals surface area contributed by atoms with Crippen LogP contribution in [0.4, 0.5) is 5.69 Å². The standard InChI is InChI=1S/C11H12Br2N2O2S/c1-6(16)14-10(5-18)11(17)15-9-4-7(12)2-3-8(9)13/h2-4,10,18H,5H2,1H3,(H,14,16)(H,15,17). The van der Waals surface area contributed by atoms with Crippen molar-refractivity contribution in [2.45, 2.75) is 13.0 Å². The van der Waals surface area contributed by atoms with Crippen molar-refractivity contribution in [3.05, 3.63) is 27.1 Å². The lowest BCUT2D eigenvalue weighted by Gasteiger charge is -2.16. The van der Waals surface area contributed by atoms with Crippen LogP contribution in [-0.4, -0.2) is 23.6 Å². The van der Waals surface area contributed by atoms with E-state index in [2.05, 4.69) is 55.1 Å². The van der Waals surface area contributed by atoms with Gasteiger partial charge in [0.05, 0.1) is 5.69 Å². The zero-order valence-electron chi connectivity index (χ0n) is 9.54. The lowest BCUT2D eigenvalue weighted by molar-refractivity contribution is -0.124. The summed E-state index contributed by atoms with van der Waals surface area (Å²) in [5.74, 6) is -0.340. The second kappa shape index (κ2) is 7.16. The van der Waals surface area contributed by atoms with Crippen LogP contribution < -0.4 is 10.6 Å². The highest BCUT2D eigenvalue weighted by molar-refractivity contribution is 9.11. The van der Waals surface area contributed by atoms with E-state index in [1.807, 2.05) is 12.1 Å². The van der Waals surface area contributed by atoms with Crippen LogP contribution in [0.2, 0.25) is 0 Å². The highest BCUT2D eigenvalue weighted by Gasteiger charge is 2.18. The average molecular weight is 396 g/mol. The maximum absolute atomic E-state index is 11.9. The fraction of sp³-hybridized carbons (Fsp3) is 0.273. The summed E-state index contributed by atoms with van der Waals surface area (Å²) in [6.07, 6.45) is 0. The van der Waals surface area contributed by atoms with Gasteiger partial charge < -0.3 is 10.6 Å². The van der Waals surface area contributed by atoms with Crippen molar-refractivity contribution in [1.29, 1.82) is 0 Å². The molecule has 0 aliphatic carbocycles. The van der Waals surface area contributed by atoms with Gasteiger partial charge in [0, 0.05) is 21.6 Å². The predicted octanol–water partition coefficient (Wildman–Crippen LogP) is 2.58. The Morgan fingerprint density at radius 1 is 1.39 bits per heavy atom. The third kappa shape index (κ3) is 4.62. The van der Waals surface area contributed by atoms with E-state index >= 15 is 0 Å². The molecule has 1 atom stereocenters. The number of benzene rings is 1. The van der Waals surface area contributed by atoms with E-state index < -0.39 is 6.04 Å². The van der Waals surface area contributed by atoms with Gasteiger partial charge in [-0.15, -0.1) is 0 Å². The Bertz CT molecular complexity index is 468. The van der Waals surface area contributed by atoms with Crippen LogP contribution in [0, 0.1) is 0 Å². The van der Waals surface area contributed by atoms with Gasteiger partial charge in [0.1, 0.15) is 6.04 Å². The quantitative estimate of drug-likeness (QED) is 0.686. The van der Waals surface area contributed by atoms with Crippen molar-refractivity contribution in [2.75, 3.05) is 11.1 Å². The number of carbonyl (C=O) groups excluding carboxylic acids is 2. The van der Waals surface area contributed by atoms with Crippen molar-refractivity contribution >= 4 is 62.0 Å². The van der Waals surface area contributed by atoms with E-state index in [0.29, 0.717) is 5.69 Å². The van der Waals surface area contributed by atoms with Crippen LogP contribution in [0.1, 0.15) is 6.92 Å². The van der Waals surface area contributed by atoms with Gasteiger partial charge in [-0.1, -0.05) is 15.9 Å². The first kappa shape index (κ1) is 15.5. The number of carbonyl (C=O) groups is 2. The van der Waals surface area contributed by atoms with Gasteiger partial charge >= 0.3 is 0 Å². The topological polar surface area (TPSA) is 58.2 Å². The molecule has 18 heavy (non-hydrogen) atoms. The van der Waals surface area contributed by atoms with E-state index in [1.165, 1.54) is 6.92 Å². The highest BCUT2D eigenvalue weighted by atomic mass is 79.9. The van der Waals surface area contributed by atoms with E-state index in [4.69, 9.17) is 0 Å². The Labute approximate surface area is 128 Å². The number of thiol groups is 1. The molecule has 1 rings (SSSR count). The largest absolute Gasteiger partial charge is 0.344 e. The van der Waals surface area contributed by atoms with Crippen molar-refractivity contribution in [1.82, 2.24) is 5.32 Å². The van der Waals surface area contributed by atoms with Gasteiger partial charge in [-0.25, -0.2) is 0 Å². The number of anilines is 1. The van der Waals surface area contributed by atoms with E-state index in [-0.39, 0.29) is 17.6 Å². The number of hydrogen-bond acceptors (Lipinski definition) is 3. The lowest BCUT2D eigenvalue weighted by Crippen LogP contribution is -2.44. The van der Waals surface area contributed by atoms with Crippen LogP contribution >= 0.6 is 44.5 Å². The molecule has 0 aliphatic rings. The molecule has 0 bridgehead atoms. The monoisotopic (exact) mass is 394 g/mol. The van der Waals surface area contributed by atoms with Crippen LogP contribution in [-0.2, 0) is 9.59 Å². The molecule has 1 aromatic carbocycles. The molecule has 0 aromatic heterocycles. The summed E-state index contributed by atoms with van der Waals surface area (Å²) < 4.78 is 1.61. The molecule has 0 fully saturated rings. The number of nitrogens with one attached hydrogen (secondary N) is 2. The van der Waals surface area contributed by atoms with E-state index in [9.17, 15) is 9.59 Å². The van der Waals surface area contributed by atoms with Gasteiger partial charge in [-0.05, 0) is 34.1 Å².